The number of aromatic nitrogens is 2. The van der Waals surface area contributed by atoms with Crippen LogP contribution in [0.3, 0.4) is 0 Å². The highest BCUT2D eigenvalue weighted by molar-refractivity contribution is 7.90. The van der Waals surface area contributed by atoms with Crippen LogP contribution < -0.4 is 0 Å². The molecular formula is C19H22N2O4S. The summed E-state index contributed by atoms with van der Waals surface area (Å²) in [6.45, 7) is 1.96. The number of carbonyl (C=O) groups excluding carboxylic acids is 1. The predicted octanol–water partition coefficient (Wildman–Crippen LogP) is 3.52. The minimum Gasteiger partial charge on any atom is -0.461 e. The molecule has 1 aliphatic heterocycles. The lowest BCUT2D eigenvalue weighted by Gasteiger charge is -2.26. The van der Waals surface area contributed by atoms with E-state index in [4.69, 9.17) is 4.74 Å². The average Bonchev–Trinajstić information content (AvgIpc) is 3.01. The van der Waals surface area contributed by atoms with Gasteiger partial charge in [-0.25, -0.2) is 13.2 Å². The van der Waals surface area contributed by atoms with Crippen molar-refractivity contribution in [2.24, 2.45) is 0 Å². The lowest BCUT2D eigenvalue weighted by atomic mass is 9.95. The van der Waals surface area contributed by atoms with Gasteiger partial charge in [0, 0.05) is 11.1 Å². The van der Waals surface area contributed by atoms with Gasteiger partial charge < -0.3 is 4.74 Å². The molecule has 1 saturated carbocycles. The monoisotopic (exact) mass is 374 g/mol. The van der Waals surface area contributed by atoms with Crippen molar-refractivity contribution in [3.63, 3.8) is 0 Å². The van der Waals surface area contributed by atoms with Gasteiger partial charge in [-0.3, -0.25) is 4.68 Å². The lowest BCUT2D eigenvalue weighted by molar-refractivity contribution is 0.0517. The lowest BCUT2D eigenvalue weighted by Crippen LogP contribution is -2.18. The molecule has 0 unspecified atom stereocenters. The Hall–Kier alpha value is -2.15. The molecular weight excluding hydrogens is 352 g/mol. The number of nitrogens with zero attached hydrogens (tertiary/aromatic N) is 2. The van der Waals surface area contributed by atoms with Crippen molar-refractivity contribution in [3.05, 3.63) is 35.5 Å². The van der Waals surface area contributed by atoms with Gasteiger partial charge in [-0.2, -0.15) is 5.10 Å². The quantitative estimate of drug-likeness (QED) is 0.768. The molecule has 0 N–H and O–H groups in total. The van der Waals surface area contributed by atoms with Crippen LogP contribution in [-0.4, -0.2) is 30.8 Å². The maximum absolute atomic E-state index is 12.8. The third kappa shape index (κ3) is 2.74. The number of carbonyl (C=O) groups is 1. The summed E-state index contributed by atoms with van der Waals surface area (Å²) in [6.07, 6.45) is 5.42. The molecule has 1 fully saturated rings. The van der Waals surface area contributed by atoms with Gasteiger partial charge in [0.1, 0.15) is 0 Å². The van der Waals surface area contributed by atoms with E-state index in [1.807, 2.05) is 10.7 Å². The highest BCUT2D eigenvalue weighted by atomic mass is 32.2. The second-order valence-electron chi connectivity index (χ2n) is 6.89. The molecule has 0 radical (unpaired) electrons. The zero-order valence-electron chi connectivity index (χ0n) is 14.8. The predicted molar refractivity (Wildman–Crippen MR) is 96.6 cm³/mol. The second-order valence-corrected chi connectivity index (χ2v) is 8.85. The third-order valence-corrected chi connectivity index (χ3v) is 6.90. The molecule has 7 heteroatoms. The number of hydrogen-bond acceptors (Lipinski definition) is 5. The van der Waals surface area contributed by atoms with Gasteiger partial charge in [-0.15, -0.1) is 0 Å². The van der Waals surface area contributed by atoms with E-state index in [0.29, 0.717) is 16.0 Å². The van der Waals surface area contributed by atoms with E-state index >= 15 is 0 Å². The first kappa shape index (κ1) is 17.3. The number of fused-ring (bicyclic) bond motifs is 3. The van der Waals surface area contributed by atoms with E-state index in [9.17, 15) is 13.2 Å². The van der Waals surface area contributed by atoms with Crippen molar-refractivity contribution in [1.29, 1.82) is 0 Å². The zero-order valence-corrected chi connectivity index (χ0v) is 15.6. The van der Waals surface area contributed by atoms with E-state index < -0.39 is 15.8 Å². The van der Waals surface area contributed by atoms with E-state index in [0.717, 1.165) is 31.4 Å². The van der Waals surface area contributed by atoms with Gasteiger partial charge >= 0.3 is 5.97 Å². The van der Waals surface area contributed by atoms with Crippen molar-refractivity contribution in [3.8, 4) is 11.3 Å². The van der Waals surface area contributed by atoms with Gasteiger partial charge in [0.25, 0.3) is 0 Å². The molecule has 2 heterocycles. The minimum absolute atomic E-state index is 0.144. The van der Waals surface area contributed by atoms with Crippen LogP contribution in [-0.2, 0) is 20.3 Å². The highest BCUT2D eigenvalue weighted by Gasteiger charge is 2.37. The first-order valence-electron chi connectivity index (χ1n) is 9.13. The Bertz CT molecular complexity index is 956. The molecule has 138 valence electrons. The summed E-state index contributed by atoms with van der Waals surface area (Å²) in [6, 6.07) is 7.19. The summed E-state index contributed by atoms with van der Waals surface area (Å²) in [4.78, 5) is 12.8. The molecule has 0 spiro atoms. The molecule has 0 atom stereocenters. The summed E-state index contributed by atoms with van der Waals surface area (Å²) >= 11 is 0. The van der Waals surface area contributed by atoms with E-state index in [2.05, 4.69) is 5.10 Å². The Morgan fingerprint density at radius 1 is 1.23 bits per heavy atom. The van der Waals surface area contributed by atoms with Crippen LogP contribution in [0.2, 0.25) is 0 Å². The molecule has 6 nitrogen and oxygen atoms in total. The van der Waals surface area contributed by atoms with Crippen molar-refractivity contribution in [2.75, 3.05) is 6.61 Å². The van der Waals surface area contributed by atoms with E-state index in [1.54, 1.807) is 25.1 Å². The van der Waals surface area contributed by atoms with Gasteiger partial charge in [0.15, 0.2) is 15.5 Å². The van der Waals surface area contributed by atoms with E-state index in [-0.39, 0.29) is 24.1 Å². The van der Waals surface area contributed by atoms with Crippen LogP contribution in [0.1, 0.15) is 61.1 Å². The first-order chi connectivity index (χ1) is 12.5. The van der Waals surface area contributed by atoms with Gasteiger partial charge in [0.05, 0.1) is 29.0 Å². The summed E-state index contributed by atoms with van der Waals surface area (Å²) in [7, 11) is -3.50. The molecule has 4 rings (SSSR count). The third-order valence-electron chi connectivity index (χ3n) is 5.21. The number of rotatable bonds is 3. The highest BCUT2D eigenvalue weighted by Crippen LogP contribution is 2.42. The largest absolute Gasteiger partial charge is 0.461 e. The first-order valence-corrected chi connectivity index (χ1v) is 10.8. The molecule has 0 bridgehead atoms. The normalized spacial score (nSPS) is 18.8. The molecule has 0 saturated heterocycles. The maximum Gasteiger partial charge on any atom is 0.359 e. The Kier molecular flexibility index (Phi) is 4.34. The number of ether oxygens (including phenoxy) is 1. The van der Waals surface area contributed by atoms with Crippen molar-refractivity contribution < 1.29 is 17.9 Å². The summed E-state index contributed by atoms with van der Waals surface area (Å²) < 4.78 is 32.6. The minimum atomic E-state index is -3.50. The molecule has 26 heavy (non-hydrogen) atoms. The van der Waals surface area contributed by atoms with Crippen LogP contribution in [0, 0.1) is 0 Å². The summed E-state index contributed by atoms with van der Waals surface area (Å²) in [5.41, 5.74) is 2.03. The van der Waals surface area contributed by atoms with Gasteiger partial charge in [0.2, 0.25) is 0 Å². The molecule has 2 aromatic rings. The Morgan fingerprint density at radius 3 is 2.69 bits per heavy atom. The van der Waals surface area contributed by atoms with Gasteiger partial charge in [-0.05, 0) is 25.8 Å². The average molecular weight is 374 g/mol. The molecule has 2 aliphatic rings. The van der Waals surface area contributed by atoms with Crippen molar-refractivity contribution in [1.82, 2.24) is 9.78 Å². The molecule has 0 amide bonds. The number of sulfone groups is 1. The SMILES string of the molecule is CCOC(=O)c1nn(C2CCCCC2)c2c1CS(=O)(=O)c1ccccc1-2. The second kappa shape index (κ2) is 6.54. The summed E-state index contributed by atoms with van der Waals surface area (Å²) in [5, 5.41) is 4.58. The molecule has 1 aromatic heterocycles. The topological polar surface area (TPSA) is 78.3 Å². The molecule has 1 aromatic carbocycles. The van der Waals surface area contributed by atoms with Crippen LogP contribution in [0.15, 0.2) is 29.2 Å². The smallest absolute Gasteiger partial charge is 0.359 e. The fourth-order valence-electron chi connectivity index (χ4n) is 4.05. The molecule has 1 aliphatic carbocycles. The number of esters is 1. The fraction of sp³-hybridized carbons (Fsp3) is 0.474. The van der Waals surface area contributed by atoms with Gasteiger partial charge in [-0.1, -0.05) is 37.5 Å². The number of hydrogen-bond donors (Lipinski definition) is 0. The fourth-order valence-corrected chi connectivity index (χ4v) is 5.64. The van der Waals surface area contributed by atoms with Crippen LogP contribution in [0.5, 0.6) is 0 Å². The Balaban J connectivity index is 1.95. The van der Waals surface area contributed by atoms with Crippen LogP contribution in [0.4, 0.5) is 0 Å². The van der Waals surface area contributed by atoms with Crippen molar-refractivity contribution in [2.45, 2.75) is 55.7 Å². The van der Waals surface area contributed by atoms with Crippen molar-refractivity contribution >= 4 is 15.8 Å². The number of benzene rings is 1. The maximum atomic E-state index is 12.8. The standard InChI is InChI=1S/C19H22N2O4S/c1-2-25-19(22)17-15-12-26(23,24)16-11-7-6-10-14(16)18(15)21(20-17)13-8-4-3-5-9-13/h6-7,10-11,13H,2-5,8-9,12H2,1H3. The van der Waals surface area contributed by atoms with E-state index in [1.165, 1.54) is 6.42 Å². The Morgan fingerprint density at radius 2 is 1.96 bits per heavy atom. The summed E-state index contributed by atoms with van der Waals surface area (Å²) in [5.74, 6) is -0.756. The van der Waals surface area contributed by atoms with Crippen LogP contribution >= 0.6 is 0 Å². The zero-order chi connectivity index (χ0) is 18.3. The van der Waals surface area contributed by atoms with Crippen LogP contribution in [0.25, 0.3) is 11.3 Å². The Labute approximate surface area is 153 Å².